The summed E-state index contributed by atoms with van der Waals surface area (Å²) in [5, 5.41) is 22.5. The molecule has 0 aliphatic rings. The summed E-state index contributed by atoms with van der Waals surface area (Å²) >= 11 is 0.619. The second-order valence-electron chi connectivity index (χ2n) is 9.20. The maximum atomic E-state index is 12.0. The van der Waals surface area contributed by atoms with Crippen LogP contribution in [0.2, 0.25) is 0 Å². The summed E-state index contributed by atoms with van der Waals surface area (Å²) in [6.45, 7) is 6.65. The first-order chi connectivity index (χ1) is 22.6. The molecule has 3 N–H and O–H groups in total. The van der Waals surface area contributed by atoms with Gasteiger partial charge in [0.15, 0.2) is 0 Å². The molecule has 4 rings (SSSR count). The van der Waals surface area contributed by atoms with Crippen molar-refractivity contribution in [2.45, 2.75) is 37.5 Å². The van der Waals surface area contributed by atoms with Gasteiger partial charge in [-0.2, -0.15) is 24.3 Å². The molecule has 51 heavy (non-hydrogen) atoms. The number of hydrogen-bond donors (Lipinski definition) is 3. The van der Waals surface area contributed by atoms with Crippen molar-refractivity contribution in [3.8, 4) is 11.3 Å². The molecule has 0 saturated carbocycles. The Bertz CT molecular complexity index is 1930. The molecule has 0 radical (unpaired) electrons. The molecule has 0 unspecified atom stereocenters. The van der Waals surface area contributed by atoms with Gasteiger partial charge in [-0.15, -0.1) is 0 Å². The second-order valence-corrected chi connectivity index (χ2v) is 12.4. The smallest absolute Gasteiger partial charge is 0.744 e. The van der Waals surface area contributed by atoms with E-state index in [1.165, 1.54) is 36.4 Å². The first-order valence-corrected chi connectivity index (χ1v) is 16.7. The van der Waals surface area contributed by atoms with Crippen molar-refractivity contribution in [2.24, 2.45) is 0 Å². The molecule has 2 aromatic heterocycles. The minimum absolute atomic E-state index is 0. The van der Waals surface area contributed by atoms with E-state index in [1.807, 2.05) is 0 Å². The molecular weight excluding hydrogens is 760 g/mol. The molecule has 0 bridgehead atoms. The molecule has 0 fully saturated rings. The van der Waals surface area contributed by atoms with Gasteiger partial charge in [-0.3, -0.25) is 5.04 Å². The Labute approximate surface area is 365 Å². The minimum Gasteiger partial charge on any atom is -0.744 e. The van der Waals surface area contributed by atoms with Crippen molar-refractivity contribution in [1.29, 1.82) is 0 Å². The Morgan fingerprint density at radius 2 is 1.06 bits per heavy atom. The van der Waals surface area contributed by atoms with Crippen LogP contribution in [0.25, 0.3) is 12.2 Å². The first kappa shape index (κ1) is 49.2. The Balaban J connectivity index is 0.00000204. The van der Waals surface area contributed by atoms with E-state index in [0.29, 0.717) is 35.3 Å². The Kier molecular flexibility index (Phi) is 22.3. The van der Waals surface area contributed by atoms with Crippen LogP contribution in [-0.4, -0.2) is 62.9 Å². The van der Waals surface area contributed by atoms with E-state index < -0.39 is 30.0 Å². The van der Waals surface area contributed by atoms with Crippen LogP contribution in [0.15, 0.2) is 46.2 Å². The second kappa shape index (κ2) is 23.1. The third-order valence-corrected chi connectivity index (χ3v) is 7.61. The topological polar surface area (TPSA) is 269 Å². The molecule has 0 atom stereocenters. The maximum Gasteiger partial charge on any atom is 1.00 e. The van der Waals surface area contributed by atoms with Crippen molar-refractivity contribution >= 4 is 67.7 Å². The van der Waals surface area contributed by atoms with Gasteiger partial charge in [0.1, 0.15) is 55.6 Å². The quantitative estimate of drug-likeness (QED) is 0.0155. The van der Waals surface area contributed by atoms with Crippen LogP contribution >= 0.6 is 12.0 Å². The Morgan fingerprint density at radius 3 is 1.37 bits per heavy atom. The van der Waals surface area contributed by atoms with Crippen LogP contribution < -0.4 is 110 Å². The summed E-state index contributed by atoms with van der Waals surface area (Å²) in [5.41, 5.74) is 0.379. The fraction of sp³-hybridized carbons (Fsp3) is 0.185. The van der Waals surface area contributed by atoms with Crippen molar-refractivity contribution < 1.29 is 129 Å². The molecule has 0 spiro atoms. The summed E-state index contributed by atoms with van der Waals surface area (Å²) in [7, 11) is -8.27. The van der Waals surface area contributed by atoms with Gasteiger partial charge in [0.25, 0.3) is 0 Å². The summed E-state index contributed by atoms with van der Waals surface area (Å²) < 4.78 is 76.0. The van der Waals surface area contributed by atoms with E-state index in [9.17, 15) is 25.9 Å². The normalized spacial score (nSPS) is 10.6. The monoisotopic (exact) mass is 785 g/mol. The number of aromatic nitrogens is 6. The standard InChI is InChI=1S/C24H24N8O6S2.C3H5NO3S.3Na/c1-13-25-14(2)28-23(27-13)31-19-9-7-17(21(11-19)39(33,34)35)5-6-18-8-10-20(12-22(18)40(36,37)38)32-24-29-15(3)26-16(4)30-24;1-4-2-3-8-7-6-5;;;/h5-12H,1-4H3,(H,33,34,35)(H,36,37,38)(H,25,27,28,31)(H,26,29,30,32);4-5H,1H3;;;/q;;3*+1/p-3/b6-5+;;;;. The van der Waals surface area contributed by atoms with Crippen LogP contribution in [0.3, 0.4) is 0 Å². The Morgan fingerprint density at radius 1 is 0.686 bits per heavy atom. The number of anilines is 4. The third kappa shape index (κ3) is 16.8. The molecule has 4 aromatic rings. The maximum absolute atomic E-state index is 12.0. The molecule has 24 heteroatoms. The van der Waals surface area contributed by atoms with Gasteiger partial charge in [0, 0.05) is 29.7 Å². The zero-order chi connectivity index (χ0) is 35.5. The molecule has 0 saturated heterocycles. The molecular formula is C27H26N9Na3O9S3. The molecule has 0 aliphatic heterocycles. The number of benzene rings is 2. The van der Waals surface area contributed by atoms with Gasteiger partial charge in [0.2, 0.25) is 11.9 Å². The van der Waals surface area contributed by atoms with E-state index in [4.69, 9.17) is 5.26 Å². The van der Waals surface area contributed by atoms with Crippen LogP contribution in [0.4, 0.5) is 23.3 Å². The SMILES string of the molecule is CNC#CSOO[O-].Cc1nc(C)nc(Nc2ccc(/C=C/c3ccc(Nc4nc(C)nc(C)n4)cc3S(=O)(=O)[O-])c(S(=O)(=O)[O-])c2)n1.[Na+].[Na+].[Na+]. The molecule has 0 amide bonds. The first-order valence-electron chi connectivity index (χ1n) is 13.2. The zero-order valence-electron chi connectivity index (χ0n) is 28.7. The van der Waals surface area contributed by atoms with Crippen molar-refractivity contribution in [1.82, 2.24) is 35.2 Å². The number of nitrogens with one attached hydrogen (secondary N) is 3. The number of rotatable bonds is 10. The summed E-state index contributed by atoms with van der Waals surface area (Å²) in [6.07, 6.45) is 2.45. The zero-order valence-corrected chi connectivity index (χ0v) is 37.2. The van der Waals surface area contributed by atoms with Gasteiger partial charge >= 0.3 is 88.7 Å². The molecule has 2 heterocycles. The van der Waals surface area contributed by atoms with Gasteiger partial charge in [-0.05, 0) is 63.1 Å². The van der Waals surface area contributed by atoms with Gasteiger partial charge in [0.05, 0.1) is 9.79 Å². The van der Waals surface area contributed by atoms with E-state index in [0.717, 1.165) is 12.1 Å². The third-order valence-electron chi connectivity index (χ3n) is 5.52. The average molecular weight is 786 g/mol. The predicted molar refractivity (Wildman–Crippen MR) is 170 cm³/mol. The number of hydrogen-bond acceptors (Lipinski definition) is 19. The number of aryl methyl sites for hydroxylation is 4. The molecule has 0 aliphatic carbocycles. The fourth-order valence-electron chi connectivity index (χ4n) is 3.82. The largest absolute Gasteiger partial charge is 1.00 e. The van der Waals surface area contributed by atoms with Crippen LogP contribution in [0.1, 0.15) is 34.4 Å². The number of nitrogens with zero attached hydrogens (tertiary/aromatic N) is 6. The van der Waals surface area contributed by atoms with Crippen molar-refractivity contribution in [3.05, 3.63) is 70.8 Å². The summed E-state index contributed by atoms with van der Waals surface area (Å²) in [4.78, 5) is 23.4. The van der Waals surface area contributed by atoms with Gasteiger partial charge in [-0.25, -0.2) is 26.8 Å². The molecule has 2 aromatic carbocycles. The van der Waals surface area contributed by atoms with Crippen LogP contribution in [0.5, 0.6) is 0 Å². The average Bonchev–Trinajstić information content (AvgIpc) is 2.97. The molecule has 254 valence electrons. The van der Waals surface area contributed by atoms with E-state index in [-0.39, 0.29) is 123 Å². The summed E-state index contributed by atoms with van der Waals surface area (Å²) in [5.74, 6) is 2.07. The van der Waals surface area contributed by atoms with E-state index in [2.05, 4.69) is 66.5 Å². The molecule has 18 nitrogen and oxygen atoms in total. The van der Waals surface area contributed by atoms with E-state index in [1.54, 1.807) is 34.7 Å². The van der Waals surface area contributed by atoms with E-state index >= 15 is 0 Å². The predicted octanol–water partition coefficient (Wildman–Crippen LogP) is -7.24. The Hall–Kier alpha value is -1.79. The summed E-state index contributed by atoms with van der Waals surface area (Å²) in [6, 6.07) is 10.3. The van der Waals surface area contributed by atoms with Gasteiger partial charge < -0.3 is 30.3 Å². The van der Waals surface area contributed by atoms with Gasteiger partial charge in [-0.1, -0.05) is 24.3 Å². The minimum atomic E-state index is -4.96. The fourth-order valence-corrected chi connectivity index (χ4v) is 5.41. The van der Waals surface area contributed by atoms with Crippen molar-refractivity contribution in [3.63, 3.8) is 0 Å². The van der Waals surface area contributed by atoms with Crippen LogP contribution in [0, 0.1) is 39.0 Å². The van der Waals surface area contributed by atoms with Crippen LogP contribution in [-0.2, 0) is 29.6 Å². The van der Waals surface area contributed by atoms with Crippen molar-refractivity contribution in [2.75, 3.05) is 17.7 Å².